The van der Waals surface area contributed by atoms with Gasteiger partial charge in [0, 0.05) is 5.56 Å². The van der Waals surface area contributed by atoms with Crippen LogP contribution in [0.4, 0.5) is 14.5 Å². The van der Waals surface area contributed by atoms with Gasteiger partial charge >= 0.3 is 5.97 Å². The maximum Gasteiger partial charge on any atom is 0.338 e. The van der Waals surface area contributed by atoms with Crippen LogP contribution >= 0.6 is 11.6 Å². The number of ether oxygens (including phenoxy) is 2. The second kappa shape index (κ2) is 8.52. The molecule has 4 bridgehead atoms. The summed E-state index contributed by atoms with van der Waals surface area (Å²) in [5.41, 5.74) is 0.213. The second-order valence-electron chi connectivity index (χ2n) is 6.48. The molecule has 0 aliphatic carbocycles. The molecule has 0 saturated heterocycles. The summed E-state index contributed by atoms with van der Waals surface area (Å²) in [5.74, 6) is -3.44. The van der Waals surface area contributed by atoms with Gasteiger partial charge in [0.15, 0.2) is 28.4 Å². The van der Waals surface area contributed by atoms with Crippen molar-refractivity contribution in [2.45, 2.75) is 4.90 Å². The van der Waals surface area contributed by atoms with Gasteiger partial charge in [0.1, 0.15) is 23.9 Å². The molecule has 3 aromatic rings. The first-order valence-corrected chi connectivity index (χ1v) is 10.5. The number of benzene rings is 3. The van der Waals surface area contributed by atoms with Crippen molar-refractivity contribution in [1.82, 2.24) is 0 Å². The average molecular weight is 466 g/mol. The van der Waals surface area contributed by atoms with E-state index in [0.717, 1.165) is 18.2 Å². The predicted octanol–water partition coefficient (Wildman–Crippen LogP) is 4.67. The molecular formula is C21H14ClF2NO5S. The van der Waals surface area contributed by atoms with E-state index in [1.54, 1.807) is 24.3 Å². The Balaban J connectivity index is 1.88. The topological polar surface area (TPSA) is 84.9 Å². The molecule has 0 radical (unpaired) electrons. The molecule has 1 aliphatic heterocycles. The SMILES string of the molecule is O=C1OCCOc2ccccc2-c2cc(F)c(F)c(c2)NS(=O)c2cc1cc(Cl)c2O. The number of carbonyl (C=O) groups is 1. The van der Waals surface area contributed by atoms with Crippen LogP contribution in [0.1, 0.15) is 10.4 Å². The van der Waals surface area contributed by atoms with Crippen LogP contribution < -0.4 is 9.46 Å². The zero-order valence-corrected chi connectivity index (χ0v) is 17.2. The fourth-order valence-corrected chi connectivity index (χ4v) is 4.26. The Labute approximate surface area is 183 Å². The van der Waals surface area contributed by atoms with Gasteiger partial charge in [0.05, 0.1) is 16.3 Å². The second-order valence-corrected chi connectivity index (χ2v) is 8.06. The summed E-state index contributed by atoms with van der Waals surface area (Å²) in [6.45, 7) is -0.131. The summed E-state index contributed by atoms with van der Waals surface area (Å²) in [5, 5.41) is 9.93. The largest absolute Gasteiger partial charge is 0.505 e. The van der Waals surface area contributed by atoms with Crippen LogP contribution in [0.2, 0.25) is 5.02 Å². The van der Waals surface area contributed by atoms with Crippen molar-refractivity contribution >= 4 is 34.2 Å². The first kappa shape index (κ1) is 21.1. The highest BCUT2D eigenvalue weighted by Crippen LogP contribution is 2.36. The molecule has 1 heterocycles. The molecule has 31 heavy (non-hydrogen) atoms. The maximum atomic E-state index is 14.5. The standard InChI is InChI=1S/C21H14ClF2NO5S/c22-14-7-12-10-18(20(14)26)31(28)25-16-9-11(8-15(23)19(16)24)13-3-1-2-4-17(13)29-5-6-30-21(12)27/h1-4,7-10,25-26H,5-6H2. The molecule has 0 aromatic heterocycles. The lowest BCUT2D eigenvalue weighted by Gasteiger charge is -2.14. The van der Waals surface area contributed by atoms with Crippen LogP contribution in [0.15, 0.2) is 53.4 Å². The number of carbonyl (C=O) groups excluding carboxylic acids is 1. The summed E-state index contributed by atoms with van der Waals surface area (Å²) >= 11 is 5.95. The third kappa shape index (κ3) is 4.19. The number of fused-ring (bicyclic) bond motifs is 6. The van der Waals surface area contributed by atoms with Gasteiger partial charge in [-0.3, -0.25) is 4.72 Å². The van der Waals surface area contributed by atoms with Crippen molar-refractivity contribution in [1.29, 1.82) is 0 Å². The van der Waals surface area contributed by atoms with Crippen LogP contribution in [0, 0.1) is 11.6 Å². The van der Waals surface area contributed by atoms with E-state index in [4.69, 9.17) is 21.1 Å². The number of cyclic esters (lactones) is 1. The van der Waals surface area contributed by atoms with Crippen molar-refractivity contribution in [2.75, 3.05) is 17.9 Å². The van der Waals surface area contributed by atoms with E-state index in [2.05, 4.69) is 4.72 Å². The Bertz CT molecular complexity index is 1220. The maximum absolute atomic E-state index is 14.5. The minimum Gasteiger partial charge on any atom is -0.505 e. The fourth-order valence-electron chi connectivity index (χ4n) is 3.01. The zero-order valence-electron chi connectivity index (χ0n) is 15.7. The summed E-state index contributed by atoms with van der Waals surface area (Å²) in [6, 6.07) is 11.2. The molecule has 0 amide bonds. The predicted molar refractivity (Wildman–Crippen MR) is 111 cm³/mol. The molecule has 2 N–H and O–H groups in total. The summed E-state index contributed by atoms with van der Waals surface area (Å²) in [4.78, 5) is 12.0. The van der Waals surface area contributed by atoms with Gasteiger partial charge in [-0.2, -0.15) is 0 Å². The molecule has 3 aromatic carbocycles. The number of hydrogen-bond acceptors (Lipinski definition) is 5. The molecule has 6 nitrogen and oxygen atoms in total. The number of esters is 1. The molecule has 160 valence electrons. The van der Waals surface area contributed by atoms with Gasteiger partial charge in [0.2, 0.25) is 0 Å². The third-order valence-corrected chi connectivity index (χ3v) is 5.87. The molecule has 4 rings (SSSR count). The molecule has 0 fully saturated rings. The van der Waals surface area contributed by atoms with E-state index >= 15 is 0 Å². The van der Waals surface area contributed by atoms with Crippen LogP contribution in [0.25, 0.3) is 11.1 Å². The summed E-state index contributed by atoms with van der Waals surface area (Å²) in [6.07, 6.45) is 0. The monoisotopic (exact) mass is 465 g/mol. The van der Waals surface area contributed by atoms with Crippen molar-refractivity contribution in [3.8, 4) is 22.6 Å². The Morgan fingerprint density at radius 3 is 2.58 bits per heavy atom. The molecule has 1 atom stereocenters. The molecule has 0 saturated carbocycles. The molecule has 10 heteroatoms. The highest BCUT2D eigenvalue weighted by Gasteiger charge is 2.22. The van der Waals surface area contributed by atoms with E-state index < -0.39 is 40.0 Å². The van der Waals surface area contributed by atoms with E-state index in [0.29, 0.717) is 11.3 Å². The van der Waals surface area contributed by atoms with Gasteiger partial charge in [-0.05, 0) is 35.9 Å². The van der Waals surface area contributed by atoms with Crippen LogP contribution in [0.5, 0.6) is 11.5 Å². The average Bonchev–Trinajstić information content (AvgIpc) is 2.75. The smallest absolute Gasteiger partial charge is 0.338 e. The van der Waals surface area contributed by atoms with Gasteiger partial charge in [-0.15, -0.1) is 0 Å². The van der Waals surface area contributed by atoms with E-state index in [1.165, 1.54) is 6.07 Å². The number of anilines is 1. The summed E-state index contributed by atoms with van der Waals surface area (Å²) in [7, 11) is -2.29. The van der Waals surface area contributed by atoms with Gasteiger partial charge in [0.25, 0.3) is 0 Å². The Morgan fingerprint density at radius 2 is 1.77 bits per heavy atom. The third-order valence-electron chi connectivity index (χ3n) is 4.47. The van der Waals surface area contributed by atoms with E-state index in [9.17, 15) is 22.9 Å². The van der Waals surface area contributed by atoms with Gasteiger partial charge in [-0.1, -0.05) is 29.8 Å². The molecular weight excluding hydrogens is 452 g/mol. The lowest BCUT2D eigenvalue weighted by atomic mass is 10.0. The van der Waals surface area contributed by atoms with Crippen molar-refractivity contribution in [3.63, 3.8) is 0 Å². The summed E-state index contributed by atoms with van der Waals surface area (Å²) < 4.78 is 54.8. The van der Waals surface area contributed by atoms with Crippen LogP contribution in [-0.2, 0) is 15.7 Å². The highest BCUT2D eigenvalue weighted by molar-refractivity contribution is 7.86. The number of halogens is 3. The number of nitrogens with one attached hydrogen (secondary N) is 1. The van der Waals surface area contributed by atoms with E-state index in [-0.39, 0.29) is 34.3 Å². The number of phenolic OH excluding ortho intramolecular Hbond substituents is 1. The van der Waals surface area contributed by atoms with Gasteiger partial charge in [-0.25, -0.2) is 17.8 Å². The number of para-hydroxylation sites is 1. The molecule has 1 aliphatic rings. The minimum atomic E-state index is -2.29. The van der Waals surface area contributed by atoms with Crippen molar-refractivity contribution < 1.29 is 32.4 Å². The lowest BCUT2D eigenvalue weighted by Crippen LogP contribution is -2.13. The Morgan fingerprint density at radius 1 is 1.03 bits per heavy atom. The Kier molecular flexibility index (Phi) is 5.79. The van der Waals surface area contributed by atoms with Crippen molar-refractivity contribution in [3.05, 3.63) is 70.8 Å². The van der Waals surface area contributed by atoms with Crippen LogP contribution in [-0.4, -0.2) is 28.5 Å². The van der Waals surface area contributed by atoms with E-state index in [1.807, 2.05) is 0 Å². The number of phenols is 1. The normalized spacial score (nSPS) is 16.1. The number of hydrogen-bond donors (Lipinski definition) is 2. The Hall–Kier alpha value is -3.17. The van der Waals surface area contributed by atoms with Gasteiger partial charge < -0.3 is 14.6 Å². The molecule has 1 unspecified atom stereocenters. The molecule has 0 spiro atoms. The quantitative estimate of drug-likeness (QED) is 0.471. The lowest BCUT2D eigenvalue weighted by molar-refractivity contribution is 0.0450. The minimum absolute atomic E-state index is 0.0118. The zero-order chi connectivity index (χ0) is 22.1. The highest BCUT2D eigenvalue weighted by atomic mass is 35.5. The number of aromatic hydroxyl groups is 1. The first-order chi connectivity index (χ1) is 14.8. The first-order valence-electron chi connectivity index (χ1n) is 8.94. The van der Waals surface area contributed by atoms with Crippen LogP contribution in [0.3, 0.4) is 0 Å². The number of rotatable bonds is 0. The van der Waals surface area contributed by atoms with Crippen molar-refractivity contribution in [2.24, 2.45) is 0 Å². The fraction of sp³-hybridized carbons (Fsp3) is 0.0952.